The Balaban J connectivity index is 1.90. The molecule has 5 heteroatoms. The molecule has 0 aromatic carbocycles. The number of hydrogen-bond donors (Lipinski definition) is 1. The Kier molecular flexibility index (Phi) is 3.97. The van der Waals surface area contributed by atoms with Crippen LogP contribution >= 0.6 is 0 Å². The molecule has 0 spiro atoms. The summed E-state index contributed by atoms with van der Waals surface area (Å²) in [5, 5.41) is 8.61. The molecule has 2 aliphatic rings. The number of carbonyl (C=O) groups excluding carboxylic acids is 1. The van der Waals surface area contributed by atoms with Crippen molar-refractivity contribution in [3.63, 3.8) is 0 Å². The molecule has 0 aromatic rings. The molecule has 2 unspecified atom stereocenters. The van der Waals surface area contributed by atoms with E-state index in [0.717, 1.165) is 25.7 Å². The molecule has 0 bridgehead atoms. The Morgan fingerprint density at radius 2 is 2.18 bits per heavy atom. The normalized spacial score (nSPS) is 27.8. The summed E-state index contributed by atoms with van der Waals surface area (Å²) in [6.45, 7) is 1.01. The largest absolute Gasteiger partial charge is 0.364 e. The molecule has 0 aromatic heterocycles. The van der Waals surface area contributed by atoms with Gasteiger partial charge in [-0.05, 0) is 25.7 Å². The Hall–Kier alpha value is -1.12. The molecule has 1 heterocycles. The summed E-state index contributed by atoms with van der Waals surface area (Å²) in [6, 6.07) is 2.44. The summed E-state index contributed by atoms with van der Waals surface area (Å²) in [4.78, 5) is 14.1. The highest BCUT2D eigenvalue weighted by Crippen LogP contribution is 2.30. The van der Waals surface area contributed by atoms with Gasteiger partial charge in [0.05, 0.1) is 18.6 Å². The lowest BCUT2D eigenvalue weighted by Gasteiger charge is -2.24. The second-order valence-electron chi connectivity index (χ2n) is 4.73. The summed E-state index contributed by atoms with van der Waals surface area (Å²) >= 11 is 0. The van der Waals surface area contributed by atoms with Crippen LogP contribution < -0.4 is 5.73 Å². The van der Waals surface area contributed by atoms with Crippen molar-refractivity contribution >= 4 is 5.91 Å². The van der Waals surface area contributed by atoms with Crippen LogP contribution in [0.1, 0.15) is 32.1 Å². The number of nitrogens with zero attached hydrogens (tertiary/aromatic N) is 2. The van der Waals surface area contributed by atoms with Crippen LogP contribution in [-0.2, 0) is 9.53 Å². The molecule has 2 N–H and O–H groups in total. The van der Waals surface area contributed by atoms with Crippen molar-refractivity contribution in [3.8, 4) is 6.07 Å². The standard InChI is InChI=1S/C12H19N3O2/c13-6-1-7-15(9-2-3-9)12(16)11-5-4-10(8-14)17-11/h9-11H,1-5,7-8,14H2. The second kappa shape index (κ2) is 5.48. The van der Waals surface area contributed by atoms with E-state index < -0.39 is 0 Å². The molecule has 2 fully saturated rings. The van der Waals surface area contributed by atoms with Gasteiger partial charge in [0, 0.05) is 19.1 Å². The number of nitriles is 1. The molecule has 1 saturated heterocycles. The third-order valence-corrected chi connectivity index (χ3v) is 3.38. The topological polar surface area (TPSA) is 79.4 Å². The lowest BCUT2D eigenvalue weighted by molar-refractivity contribution is -0.143. The van der Waals surface area contributed by atoms with Gasteiger partial charge in [-0.15, -0.1) is 0 Å². The fraction of sp³-hybridized carbons (Fsp3) is 0.833. The summed E-state index contributed by atoms with van der Waals surface area (Å²) in [6.07, 6.45) is 3.84. The van der Waals surface area contributed by atoms with Crippen LogP contribution in [0.4, 0.5) is 0 Å². The minimum atomic E-state index is -0.331. The summed E-state index contributed by atoms with van der Waals surface area (Å²) in [5.74, 6) is 0.0544. The third-order valence-electron chi connectivity index (χ3n) is 3.38. The first kappa shape index (κ1) is 12.3. The average molecular weight is 237 g/mol. The highest BCUT2D eigenvalue weighted by atomic mass is 16.5. The van der Waals surface area contributed by atoms with E-state index >= 15 is 0 Å². The molecule has 17 heavy (non-hydrogen) atoms. The van der Waals surface area contributed by atoms with Crippen molar-refractivity contribution in [2.45, 2.75) is 50.4 Å². The molecule has 1 amide bonds. The Labute approximate surface area is 102 Å². The van der Waals surface area contributed by atoms with Gasteiger partial charge in [0.25, 0.3) is 5.91 Å². The summed E-state index contributed by atoms with van der Waals surface area (Å²) < 4.78 is 5.61. The number of hydrogen-bond acceptors (Lipinski definition) is 4. The molecule has 5 nitrogen and oxygen atoms in total. The molecule has 2 atom stereocenters. The molecular formula is C12H19N3O2. The van der Waals surface area contributed by atoms with Crippen LogP contribution in [0.15, 0.2) is 0 Å². The minimum Gasteiger partial charge on any atom is -0.364 e. The SMILES string of the molecule is N#CCCN(C(=O)C1CCC(CN)O1)C1CC1. The Bertz CT molecular complexity index is 322. The van der Waals surface area contributed by atoms with E-state index in [-0.39, 0.29) is 18.1 Å². The van der Waals surface area contributed by atoms with Gasteiger partial charge in [0.15, 0.2) is 0 Å². The quantitative estimate of drug-likeness (QED) is 0.750. The predicted molar refractivity (Wildman–Crippen MR) is 61.9 cm³/mol. The van der Waals surface area contributed by atoms with Crippen molar-refractivity contribution < 1.29 is 9.53 Å². The van der Waals surface area contributed by atoms with Gasteiger partial charge >= 0.3 is 0 Å². The van der Waals surface area contributed by atoms with Crippen molar-refractivity contribution in [3.05, 3.63) is 0 Å². The first-order chi connectivity index (χ1) is 8.26. The molecular weight excluding hydrogens is 218 g/mol. The summed E-state index contributed by atoms with van der Waals surface area (Å²) in [7, 11) is 0. The Morgan fingerprint density at radius 1 is 1.41 bits per heavy atom. The number of carbonyl (C=O) groups is 1. The van der Waals surface area contributed by atoms with Crippen LogP contribution in [0.5, 0.6) is 0 Å². The molecule has 1 saturated carbocycles. The van der Waals surface area contributed by atoms with E-state index in [9.17, 15) is 4.79 Å². The molecule has 1 aliphatic heterocycles. The number of ether oxygens (including phenoxy) is 1. The van der Waals surface area contributed by atoms with E-state index in [1.165, 1.54) is 0 Å². The highest BCUT2D eigenvalue weighted by molar-refractivity contribution is 5.81. The molecule has 0 radical (unpaired) electrons. The maximum absolute atomic E-state index is 12.2. The van der Waals surface area contributed by atoms with E-state index in [0.29, 0.717) is 25.6 Å². The summed E-state index contributed by atoms with van der Waals surface area (Å²) in [5.41, 5.74) is 5.53. The second-order valence-corrected chi connectivity index (χ2v) is 4.73. The van der Waals surface area contributed by atoms with Crippen LogP contribution in [-0.4, -0.2) is 42.1 Å². The van der Waals surface area contributed by atoms with Gasteiger partial charge < -0.3 is 15.4 Å². The third kappa shape index (κ3) is 2.96. The van der Waals surface area contributed by atoms with Gasteiger partial charge in [0.2, 0.25) is 0 Å². The highest BCUT2D eigenvalue weighted by Gasteiger charge is 2.38. The van der Waals surface area contributed by atoms with Crippen molar-refractivity contribution in [2.75, 3.05) is 13.1 Å². The first-order valence-electron chi connectivity index (χ1n) is 6.29. The van der Waals surface area contributed by atoms with E-state index in [2.05, 4.69) is 6.07 Å². The van der Waals surface area contributed by atoms with Crippen LogP contribution in [0, 0.1) is 11.3 Å². The predicted octanol–water partition coefficient (Wildman–Crippen LogP) is 0.397. The lowest BCUT2D eigenvalue weighted by Crippen LogP contribution is -2.41. The monoisotopic (exact) mass is 237 g/mol. The van der Waals surface area contributed by atoms with Gasteiger partial charge in [-0.2, -0.15) is 5.26 Å². The van der Waals surface area contributed by atoms with Crippen LogP contribution in [0.25, 0.3) is 0 Å². The van der Waals surface area contributed by atoms with Gasteiger partial charge in [-0.1, -0.05) is 0 Å². The maximum atomic E-state index is 12.2. The maximum Gasteiger partial charge on any atom is 0.251 e. The first-order valence-corrected chi connectivity index (χ1v) is 6.29. The zero-order valence-electron chi connectivity index (χ0n) is 9.97. The van der Waals surface area contributed by atoms with Crippen molar-refractivity contribution in [2.24, 2.45) is 5.73 Å². The van der Waals surface area contributed by atoms with Crippen LogP contribution in [0.2, 0.25) is 0 Å². The van der Waals surface area contributed by atoms with E-state index in [4.69, 9.17) is 15.7 Å². The van der Waals surface area contributed by atoms with E-state index in [1.807, 2.05) is 4.90 Å². The number of rotatable bonds is 5. The van der Waals surface area contributed by atoms with Gasteiger partial charge in [-0.3, -0.25) is 4.79 Å². The minimum absolute atomic E-state index is 0.0287. The average Bonchev–Trinajstić information content (AvgIpc) is 3.06. The fourth-order valence-corrected chi connectivity index (χ4v) is 2.28. The molecule has 1 aliphatic carbocycles. The number of amides is 1. The number of nitrogens with two attached hydrogens (primary N) is 1. The fourth-order valence-electron chi connectivity index (χ4n) is 2.28. The zero-order chi connectivity index (χ0) is 12.3. The smallest absolute Gasteiger partial charge is 0.251 e. The molecule has 94 valence electrons. The lowest BCUT2D eigenvalue weighted by atomic mass is 10.1. The van der Waals surface area contributed by atoms with Crippen LogP contribution in [0.3, 0.4) is 0 Å². The Morgan fingerprint density at radius 3 is 2.71 bits per heavy atom. The van der Waals surface area contributed by atoms with Crippen molar-refractivity contribution in [1.82, 2.24) is 4.90 Å². The molecule has 2 rings (SSSR count). The van der Waals surface area contributed by atoms with Gasteiger partial charge in [0.1, 0.15) is 6.10 Å². The van der Waals surface area contributed by atoms with E-state index in [1.54, 1.807) is 0 Å². The zero-order valence-corrected chi connectivity index (χ0v) is 9.97. The van der Waals surface area contributed by atoms with Crippen molar-refractivity contribution in [1.29, 1.82) is 5.26 Å². The van der Waals surface area contributed by atoms with Gasteiger partial charge in [-0.25, -0.2) is 0 Å².